The van der Waals surface area contributed by atoms with Crippen LogP contribution >= 0.6 is 11.3 Å². The van der Waals surface area contributed by atoms with E-state index >= 15 is 0 Å². The third-order valence-electron chi connectivity index (χ3n) is 3.43. The fourth-order valence-corrected chi connectivity index (χ4v) is 4.37. The molecule has 0 fully saturated rings. The molecule has 0 amide bonds. The zero-order valence-corrected chi connectivity index (χ0v) is 14.5. The average molecular weight is 283 g/mol. The molecule has 0 aliphatic carbocycles. The van der Waals surface area contributed by atoms with Crippen molar-refractivity contribution in [1.82, 2.24) is 0 Å². The molecule has 0 spiro atoms. The molecule has 104 valence electrons. The molecule has 0 aliphatic rings. The summed E-state index contributed by atoms with van der Waals surface area (Å²) in [4.78, 5) is 1.45. The fourth-order valence-electron chi connectivity index (χ4n) is 2.32. The number of thiophene rings is 1. The molecule has 1 heterocycles. The average Bonchev–Trinajstić information content (AvgIpc) is 2.67. The van der Waals surface area contributed by atoms with Gasteiger partial charge in [0.1, 0.15) is 0 Å². The zero-order valence-electron chi connectivity index (χ0n) is 12.7. The quantitative estimate of drug-likeness (QED) is 0.369. The predicted octanol–water partition coefficient (Wildman–Crippen LogP) is 6.28. The second-order valence-corrected chi connectivity index (χ2v) is 13.5. The lowest BCUT2D eigenvalue weighted by atomic mass is 10.1. The monoisotopic (exact) mass is 282 g/mol. The highest BCUT2D eigenvalue weighted by Crippen LogP contribution is 2.18. The van der Waals surface area contributed by atoms with Crippen LogP contribution in [0.1, 0.15) is 49.0 Å². The van der Waals surface area contributed by atoms with Gasteiger partial charge < -0.3 is 0 Å². The Labute approximate surface area is 119 Å². The molecule has 0 nitrogen and oxygen atoms in total. The van der Waals surface area contributed by atoms with E-state index in [1.165, 1.54) is 55.9 Å². The van der Waals surface area contributed by atoms with Gasteiger partial charge >= 0.3 is 0 Å². The van der Waals surface area contributed by atoms with Crippen molar-refractivity contribution in [2.75, 3.05) is 0 Å². The molecule has 0 N–H and O–H groups in total. The first-order chi connectivity index (χ1) is 8.47. The van der Waals surface area contributed by atoms with E-state index < -0.39 is 8.07 Å². The molecule has 18 heavy (non-hydrogen) atoms. The molecular weight excluding hydrogens is 252 g/mol. The van der Waals surface area contributed by atoms with Crippen molar-refractivity contribution in [3.05, 3.63) is 21.9 Å². The van der Waals surface area contributed by atoms with E-state index in [1.807, 2.05) is 11.3 Å². The van der Waals surface area contributed by atoms with E-state index in [4.69, 9.17) is 0 Å². The number of aryl methyl sites for hydroxylation is 2. The van der Waals surface area contributed by atoms with Crippen molar-refractivity contribution in [2.24, 2.45) is 0 Å². The lowest BCUT2D eigenvalue weighted by molar-refractivity contribution is 0.606. The molecule has 0 radical (unpaired) electrons. The van der Waals surface area contributed by atoms with E-state index in [-0.39, 0.29) is 0 Å². The molecule has 0 aromatic carbocycles. The zero-order chi connectivity index (χ0) is 13.4. The van der Waals surface area contributed by atoms with E-state index in [2.05, 4.69) is 38.0 Å². The van der Waals surface area contributed by atoms with Gasteiger partial charge in [-0.3, -0.25) is 0 Å². The molecule has 0 saturated carbocycles. The smallest absolute Gasteiger partial charge is 0.0442 e. The Kier molecular flexibility index (Phi) is 7.24. The third kappa shape index (κ3) is 8.10. The minimum atomic E-state index is -0.773. The second kappa shape index (κ2) is 8.16. The van der Waals surface area contributed by atoms with Crippen LogP contribution in [0.3, 0.4) is 0 Å². The summed E-state index contributed by atoms with van der Waals surface area (Å²) in [5.41, 5.74) is 1.55. The minimum Gasteiger partial charge on any atom is -0.149 e. The minimum absolute atomic E-state index is 0.773. The normalized spacial score (nSPS) is 12.0. The lowest BCUT2D eigenvalue weighted by Gasteiger charge is -2.14. The Balaban J connectivity index is 1.90. The first kappa shape index (κ1) is 16.0. The topological polar surface area (TPSA) is 0 Å². The van der Waals surface area contributed by atoms with Crippen molar-refractivity contribution < 1.29 is 0 Å². The summed E-state index contributed by atoms with van der Waals surface area (Å²) in [6, 6.07) is 3.86. The summed E-state index contributed by atoms with van der Waals surface area (Å²) in [5, 5.41) is 2.32. The highest BCUT2D eigenvalue weighted by Gasteiger charge is 2.11. The Morgan fingerprint density at radius 1 is 0.944 bits per heavy atom. The van der Waals surface area contributed by atoms with E-state index in [0.717, 1.165) is 0 Å². The van der Waals surface area contributed by atoms with Gasteiger partial charge in [0.2, 0.25) is 0 Å². The van der Waals surface area contributed by atoms with Crippen LogP contribution in [0.15, 0.2) is 11.4 Å². The Bertz CT molecular complexity index is 322. The number of rotatable bonds is 9. The summed E-state index contributed by atoms with van der Waals surface area (Å²) < 4.78 is 0. The lowest BCUT2D eigenvalue weighted by Crippen LogP contribution is -2.18. The van der Waals surface area contributed by atoms with E-state index in [1.54, 1.807) is 5.56 Å². The molecule has 0 atom stereocenters. The first-order valence-electron chi connectivity index (χ1n) is 7.51. The summed E-state index contributed by atoms with van der Waals surface area (Å²) in [7, 11) is -0.773. The van der Waals surface area contributed by atoms with Crippen molar-refractivity contribution in [2.45, 2.75) is 77.6 Å². The van der Waals surface area contributed by atoms with Gasteiger partial charge in [0.05, 0.1) is 0 Å². The Morgan fingerprint density at radius 2 is 1.56 bits per heavy atom. The molecule has 2 heteroatoms. The maximum atomic E-state index is 2.48. The third-order valence-corrected chi connectivity index (χ3v) is 6.19. The van der Waals surface area contributed by atoms with Gasteiger partial charge in [0.15, 0.2) is 0 Å². The predicted molar refractivity (Wildman–Crippen MR) is 88.6 cm³/mol. The molecule has 0 saturated heterocycles. The summed E-state index contributed by atoms with van der Waals surface area (Å²) in [6.45, 7) is 9.65. The standard InChI is InChI=1S/C16H30SSi/c1-15-13-16(14-17-15)11-9-7-5-6-8-10-12-18(2,3)4/h13-14H,5-12H2,1-4H3. The number of hydrogen-bond acceptors (Lipinski definition) is 1. The van der Waals surface area contributed by atoms with Crippen LogP contribution in [-0.4, -0.2) is 8.07 Å². The van der Waals surface area contributed by atoms with Crippen LogP contribution in [0.25, 0.3) is 0 Å². The Morgan fingerprint density at radius 3 is 2.11 bits per heavy atom. The second-order valence-electron chi connectivity index (χ2n) is 6.75. The summed E-state index contributed by atoms with van der Waals surface area (Å²) >= 11 is 1.89. The molecule has 1 rings (SSSR count). The van der Waals surface area contributed by atoms with Crippen molar-refractivity contribution >= 4 is 19.4 Å². The van der Waals surface area contributed by atoms with Gasteiger partial charge in [-0.15, -0.1) is 11.3 Å². The molecular formula is C16H30SSi. The number of unbranched alkanes of at least 4 members (excludes halogenated alkanes) is 5. The van der Waals surface area contributed by atoms with E-state index in [9.17, 15) is 0 Å². The molecule has 0 aliphatic heterocycles. The van der Waals surface area contributed by atoms with E-state index in [0.29, 0.717) is 0 Å². The van der Waals surface area contributed by atoms with Gasteiger partial charge in [-0.1, -0.05) is 57.8 Å². The van der Waals surface area contributed by atoms with Gasteiger partial charge in [-0.2, -0.15) is 0 Å². The SMILES string of the molecule is Cc1cc(CCCCCCCC[Si](C)(C)C)cs1. The maximum absolute atomic E-state index is 2.48. The van der Waals surface area contributed by atoms with Gasteiger partial charge in [0, 0.05) is 13.0 Å². The number of hydrogen-bond donors (Lipinski definition) is 0. The maximum Gasteiger partial charge on any atom is 0.0442 e. The highest BCUT2D eigenvalue weighted by atomic mass is 32.1. The first-order valence-corrected chi connectivity index (χ1v) is 12.1. The van der Waals surface area contributed by atoms with Crippen molar-refractivity contribution in [3.8, 4) is 0 Å². The van der Waals surface area contributed by atoms with Crippen LogP contribution in [0, 0.1) is 6.92 Å². The van der Waals surface area contributed by atoms with Crippen molar-refractivity contribution in [3.63, 3.8) is 0 Å². The van der Waals surface area contributed by atoms with Crippen LogP contribution in [0.4, 0.5) is 0 Å². The molecule has 0 unspecified atom stereocenters. The highest BCUT2D eigenvalue weighted by molar-refractivity contribution is 7.10. The van der Waals surface area contributed by atoms with Crippen LogP contribution < -0.4 is 0 Å². The molecule has 1 aromatic rings. The molecule has 1 aromatic heterocycles. The largest absolute Gasteiger partial charge is 0.149 e. The Hall–Kier alpha value is -0.0831. The van der Waals surface area contributed by atoms with Crippen LogP contribution in [0.2, 0.25) is 25.7 Å². The summed E-state index contributed by atoms with van der Waals surface area (Å²) in [5.74, 6) is 0. The molecule has 0 bridgehead atoms. The van der Waals surface area contributed by atoms with Crippen LogP contribution in [-0.2, 0) is 6.42 Å². The van der Waals surface area contributed by atoms with Gasteiger partial charge in [-0.05, 0) is 36.8 Å². The van der Waals surface area contributed by atoms with Crippen LogP contribution in [0.5, 0.6) is 0 Å². The van der Waals surface area contributed by atoms with Crippen molar-refractivity contribution in [1.29, 1.82) is 0 Å². The fraction of sp³-hybridized carbons (Fsp3) is 0.750. The van der Waals surface area contributed by atoms with Gasteiger partial charge in [-0.25, -0.2) is 0 Å². The van der Waals surface area contributed by atoms with Gasteiger partial charge in [0.25, 0.3) is 0 Å². The summed E-state index contributed by atoms with van der Waals surface area (Å²) in [6.07, 6.45) is 9.91.